The van der Waals surface area contributed by atoms with Crippen LogP contribution in [0.1, 0.15) is 0 Å². The molecule has 0 unspecified atom stereocenters. The summed E-state index contributed by atoms with van der Waals surface area (Å²) in [5.41, 5.74) is 9.20. The third-order valence-electron chi connectivity index (χ3n) is 3.42. The van der Waals surface area contributed by atoms with Crippen molar-refractivity contribution in [1.82, 2.24) is 4.57 Å². The molecule has 1 heterocycles. The molecule has 5 nitrogen and oxygen atoms in total. The highest BCUT2D eigenvalue weighted by Crippen LogP contribution is 2.36. The molecule has 0 saturated carbocycles. The van der Waals surface area contributed by atoms with Crippen molar-refractivity contribution in [3.63, 3.8) is 0 Å². The zero-order chi connectivity index (χ0) is 15.4. The minimum atomic E-state index is -0.00538. The molecule has 0 aliphatic rings. The van der Waals surface area contributed by atoms with Gasteiger partial charge in [-0.15, -0.1) is 0 Å². The first-order valence-corrected chi connectivity index (χ1v) is 7.13. The third-order valence-corrected chi connectivity index (χ3v) is 3.74. The summed E-state index contributed by atoms with van der Waals surface area (Å²) in [7, 11) is 1.95. The van der Waals surface area contributed by atoms with Gasteiger partial charge in [-0.1, -0.05) is 11.6 Å². The van der Waals surface area contributed by atoms with Crippen LogP contribution in [0.5, 0.6) is 0 Å². The molecule has 114 valence electrons. The second-order valence-corrected chi connectivity index (χ2v) is 5.24. The van der Waals surface area contributed by atoms with Crippen LogP contribution in [0, 0.1) is 0 Å². The standard InChI is InChI=1S/C15H20ClN3O2/c1-18-4-2-3-14(18)11-9-13(17)12(16)10-15(11)19(5-7-20)6-8-21/h2-4,9-10,20-21H,5-8,17H2,1H3. The van der Waals surface area contributed by atoms with Crippen molar-refractivity contribution < 1.29 is 10.2 Å². The number of aryl methyl sites for hydroxylation is 1. The van der Waals surface area contributed by atoms with E-state index < -0.39 is 0 Å². The molecular formula is C15H20ClN3O2. The van der Waals surface area contributed by atoms with E-state index in [1.807, 2.05) is 40.9 Å². The highest BCUT2D eigenvalue weighted by atomic mass is 35.5. The second kappa shape index (κ2) is 6.85. The van der Waals surface area contributed by atoms with E-state index in [9.17, 15) is 10.2 Å². The van der Waals surface area contributed by atoms with Gasteiger partial charge < -0.3 is 25.4 Å². The van der Waals surface area contributed by atoms with E-state index in [2.05, 4.69) is 0 Å². The van der Waals surface area contributed by atoms with Crippen LogP contribution in [0.2, 0.25) is 5.02 Å². The fraction of sp³-hybridized carbons (Fsp3) is 0.333. The monoisotopic (exact) mass is 309 g/mol. The van der Waals surface area contributed by atoms with Gasteiger partial charge >= 0.3 is 0 Å². The van der Waals surface area contributed by atoms with Crippen molar-refractivity contribution in [2.75, 3.05) is 36.9 Å². The van der Waals surface area contributed by atoms with Crippen LogP contribution in [0.25, 0.3) is 11.3 Å². The van der Waals surface area contributed by atoms with Gasteiger partial charge in [0.2, 0.25) is 0 Å². The number of benzene rings is 1. The van der Waals surface area contributed by atoms with E-state index in [1.165, 1.54) is 0 Å². The molecule has 0 radical (unpaired) electrons. The summed E-state index contributed by atoms with van der Waals surface area (Å²) in [6.07, 6.45) is 1.95. The zero-order valence-electron chi connectivity index (χ0n) is 12.0. The number of hydrogen-bond acceptors (Lipinski definition) is 4. The maximum absolute atomic E-state index is 9.24. The van der Waals surface area contributed by atoms with E-state index in [0.29, 0.717) is 23.8 Å². The number of aliphatic hydroxyl groups excluding tert-OH is 2. The predicted octanol–water partition coefficient (Wildman–Crippen LogP) is 1.72. The van der Waals surface area contributed by atoms with Crippen LogP contribution in [0.4, 0.5) is 11.4 Å². The van der Waals surface area contributed by atoms with Gasteiger partial charge in [-0.2, -0.15) is 0 Å². The quantitative estimate of drug-likeness (QED) is 0.710. The third kappa shape index (κ3) is 3.32. The molecule has 0 aliphatic carbocycles. The molecule has 1 aromatic heterocycles. The topological polar surface area (TPSA) is 74.7 Å². The summed E-state index contributed by atoms with van der Waals surface area (Å²) in [5, 5.41) is 18.9. The molecule has 0 spiro atoms. The zero-order valence-corrected chi connectivity index (χ0v) is 12.7. The molecule has 2 rings (SSSR count). The van der Waals surface area contributed by atoms with Crippen LogP contribution < -0.4 is 10.6 Å². The van der Waals surface area contributed by atoms with Crippen LogP contribution in [-0.2, 0) is 7.05 Å². The highest BCUT2D eigenvalue weighted by molar-refractivity contribution is 6.33. The maximum atomic E-state index is 9.24. The van der Waals surface area contributed by atoms with Crippen LogP contribution in [0.15, 0.2) is 30.5 Å². The molecule has 0 atom stereocenters. The lowest BCUT2D eigenvalue weighted by molar-refractivity contribution is 0.281. The fourth-order valence-corrected chi connectivity index (χ4v) is 2.54. The van der Waals surface area contributed by atoms with Gasteiger partial charge in [0.05, 0.1) is 23.9 Å². The molecule has 4 N–H and O–H groups in total. The SMILES string of the molecule is Cn1cccc1-c1cc(N)c(Cl)cc1N(CCO)CCO. The summed E-state index contributed by atoms with van der Waals surface area (Å²) in [6, 6.07) is 7.55. The Morgan fingerprint density at radius 3 is 2.43 bits per heavy atom. The Kier molecular flexibility index (Phi) is 5.12. The summed E-state index contributed by atoms with van der Waals surface area (Å²) < 4.78 is 1.99. The first kappa shape index (κ1) is 15.7. The van der Waals surface area contributed by atoms with Crippen molar-refractivity contribution in [3.8, 4) is 11.3 Å². The van der Waals surface area contributed by atoms with Crippen molar-refractivity contribution in [3.05, 3.63) is 35.5 Å². The number of nitrogens with zero attached hydrogens (tertiary/aromatic N) is 2. The van der Waals surface area contributed by atoms with Gasteiger partial charge in [-0.25, -0.2) is 0 Å². The number of nitrogens with two attached hydrogens (primary N) is 1. The van der Waals surface area contributed by atoms with Crippen LogP contribution in [-0.4, -0.2) is 41.1 Å². The Labute approximate surface area is 129 Å². The van der Waals surface area contributed by atoms with Gasteiger partial charge in [0.1, 0.15) is 0 Å². The molecule has 0 fully saturated rings. The van der Waals surface area contributed by atoms with E-state index in [-0.39, 0.29) is 13.2 Å². The Balaban J connectivity index is 2.57. The number of hydrogen-bond donors (Lipinski definition) is 3. The number of aliphatic hydroxyl groups is 2. The molecule has 0 amide bonds. The average Bonchev–Trinajstić information content (AvgIpc) is 2.87. The number of rotatable bonds is 6. The molecule has 2 aromatic rings. The highest BCUT2D eigenvalue weighted by Gasteiger charge is 2.16. The number of aromatic nitrogens is 1. The van der Waals surface area contributed by atoms with Crippen molar-refractivity contribution in [2.45, 2.75) is 0 Å². The summed E-state index contributed by atoms with van der Waals surface area (Å²) >= 11 is 6.15. The molecule has 0 saturated heterocycles. The largest absolute Gasteiger partial charge is 0.398 e. The summed E-state index contributed by atoms with van der Waals surface area (Å²) in [4.78, 5) is 1.90. The lowest BCUT2D eigenvalue weighted by Crippen LogP contribution is -2.30. The summed E-state index contributed by atoms with van der Waals surface area (Å²) in [6.45, 7) is 0.819. The molecule has 0 aliphatic heterocycles. The van der Waals surface area contributed by atoms with Gasteiger partial charge in [-0.05, 0) is 24.3 Å². The fourth-order valence-electron chi connectivity index (χ4n) is 2.38. The molecule has 21 heavy (non-hydrogen) atoms. The van der Waals surface area contributed by atoms with E-state index in [0.717, 1.165) is 16.9 Å². The van der Waals surface area contributed by atoms with Gasteiger partial charge in [0.15, 0.2) is 0 Å². The van der Waals surface area contributed by atoms with Gasteiger partial charge in [0, 0.05) is 43.3 Å². The van der Waals surface area contributed by atoms with Crippen molar-refractivity contribution in [1.29, 1.82) is 0 Å². The second-order valence-electron chi connectivity index (χ2n) is 4.83. The van der Waals surface area contributed by atoms with Gasteiger partial charge in [-0.3, -0.25) is 0 Å². The average molecular weight is 310 g/mol. The minimum Gasteiger partial charge on any atom is -0.398 e. The van der Waals surface area contributed by atoms with Gasteiger partial charge in [0.25, 0.3) is 0 Å². The van der Waals surface area contributed by atoms with Crippen molar-refractivity contribution >= 4 is 23.0 Å². The Bertz CT molecular complexity index is 607. The molecule has 1 aromatic carbocycles. The first-order chi connectivity index (χ1) is 10.1. The summed E-state index contributed by atoms with van der Waals surface area (Å²) in [5.74, 6) is 0. The first-order valence-electron chi connectivity index (χ1n) is 6.76. The van der Waals surface area contributed by atoms with Crippen molar-refractivity contribution in [2.24, 2.45) is 7.05 Å². The number of anilines is 2. The minimum absolute atomic E-state index is 0.00538. The normalized spacial score (nSPS) is 10.9. The smallest absolute Gasteiger partial charge is 0.0656 e. The Hall–Kier alpha value is -1.69. The lowest BCUT2D eigenvalue weighted by atomic mass is 10.1. The van der Waals surface area contributed by atoms with E-state index in [4.69, 9.17) is 17.3 Å². The molecule has 6 heteroatoms. The Morgan fingerprint density at radius 2 is 1.90 bits per heavy atom. The number of nitrogen functional groups attached to an aromatic ring is 1. The molecular weight excluding hydrogens is 290 g/mol. The lowest BCUT2D eigenvalue weighted by Gasteiger charge is -2.26. The van der Waals surface area contributed by atoms with E-state index >= 15 is 0 Å². The number of halogens is 1. The van der Waals surface area contributed by atoms with Crippen LogP contribution >= 0.6 is 11.6 Å². The maximum Gasteiger partial charge on any atom is 0.0656 e. The Morgan fingerprint density at radius 1 is 1.24 bits per heavy atom. The van der Waals surface area contributed by atoms with E-state index in [1.54, 1.807) is 6.07 Å². The van der Waals surface area contributed by atoms with Crippen LogP contribution in [0.3, 0.4) is 0 Å². The molecule has 0 bridgehead atoms. The predicted molar refractivity (Wildman–Crippen MR) is 86.7 cm³/mol.